The largest absolute Gasteiger partial charge is 0.457 e. The molecule has 0 radical (unpaired) electrons. The van der Waals surface area contributed by atoms with E-state index < -0.39 is 5.97 Å². The first-order valence-electron chi connectivity index (χ1n) is 5.95. The highest BCUT2D eigenvalue weighted by atomic mass is 35.5. The van der Waals surface area contributed by atoms with Crippen LogP contribution in [0.25, 0.3) is 0 Å². The van der Waals surface area contributed by atoms with Crippen LogP contribution >= 0.6 is 23.2 Å². The van der Waals surface area contributed by atoms with Gasteiger partial charge in [0.15, 0.2) is 0 Å². The Morgan fingerprint density at radius 1 is 1.20 bits per heavy atom. The summed E-state index contributed by atoms with van der Waals surface area (Å²) in [7, 11) is 0. The molecular formula is C15H13Cl2NO2. The average molecular weight is 310 g/mol. The highest BCUT2D eigenvalue weighted by Gasteiger charge is 2.13. The molecule has 2 rings (SSSR count). The number of carbonyl (C=O) groups is 1. The predicted molar refractivity (Wildman–Crippen MR) is 81.2 cm³/mol. The molecule has 0 aliphatic heterocycles. The fourth-order valence-electron chi connectivity index (χ4n) is 1.75. The van der Waals surface area contributed by atoms with Gasteiger partial charge in [-0.15, -0.1) is 0 Å². The second kappa shape index (κ2) is 6.16. The van der Waals surface area contributed by atoms with Gasteiger partial charge in [-0.2, -0.15) is 0 Å². The molecular weight excluding hydrogens is 297 g/mol. The Balaban J connectivity index is 2.15. The third kappa shape index (κ3) is 3.24. The summed E-state index contributed by atoms with van der Waals surface area (Å²) in [5, 5.41) is 0.934. The van der Waals surface area contributed by atoms with E-state index in [1.807, 2.05) is 6.92 Å². The van der Waals surface area contributed by atoms with Gasteiger partial charge in [0.25, 0.3) is 0 Å². The van der Waals surface area contributed by atoms with Crippen LogP contribution in [-0.2, 0) is 11.3 Å². The minimum Gasteiger partial charge on any atom is -0.457 e. The molecule has 0 amide bonds. The summed E-state index contributed by atoms with van der Waals surface area (Å²) in [4.78, 5) is 12.0. The first kappa shape index (κ1) is 14.7. The first-order valence-corrected chi connectivity index (χ1v) is 6.71. The van der Waals surface area contributed by atoms with E-state index in [1.165, 1.54) is 0 Å². The van der Waals surface area contributed by atoms with Crippen molar-refractivity contribution in [2.75, 3.05) is 5.73 Å². The van der Waals surface area contributed by atoms with Crippen LogP contribution in [0.2, 0.25) is 10.0 Å². The van der Waals surface area contributed by atoms with Gasteiger partial charge in [0.2, 0.25) is 0 Å². The number of benzene rings is 2. The van der Waals surface area contributed by atoms with Gasteiger partial charge in [-0.25, -0.2) is 4.79 Å². The molecule has 0 fully saturated rings. The number of anilines is 1. The Kier molecular flexibility index (Phi) is 4.53. The van der Waals surface area contributed by atoms with Crippen LogP contribution in [0.4, 0.5) is 5.69 Å². The highest BCUT2D eigenvalue weighted by Crippen LogP contribution is 2.25. The van der Waals surface area contributed by atoms with Gasteiger partial charge in [-0.05, 0) is 36.8 Å². The van der Waals surface area contributed by atoms with E-state index in [4.69, 9.17) is 33.7 Å². The summed E-state index contributed by atoms with van der Waals surface area (Å²) < 4.78 is 5.25. The van der Waals surface area contributed by atoms with Crippen LogP contribution in [0, 0.1) is 6.92 Å². The maximum atomic E-state index is 12.0. The lowest BCUT2D eigenvalue weighted by Gasteiger charge is -2.10. The molecule has 0 unspecified atom stereocenters. The molecule has 0 atom stereocenters. The summed E-state index contributed by atoms with van der Waals surface area (Å²) in [6, 6.07) is 10.2. The number of carbonyl (C=O) groups excluding carboxylic acids is 1. The quantitative estimate of drug-likeness (QED) is 0.681. The Labute approximate surface area is 127 Å². The first-order chi connectivity index (χ1) is 9.49. The molecule has 104 valence electrons. The topological polar surface area (TPSA) is 52.3 Å². The lowest BCUT2D eigenvalue weighted by atomic mass is 10.1. The van der Waals surface area contributed by atoms with Crippen molar-refractivity contribution in [3.8, 4) is 0 Å². The maximum absolute atomic E-state index is 12.0. The van der Waals surface area contributed by atoms with Gasteiger partial charge >= 0.3 is 5.97 Å². The van der Waals surface area contributed by atoms with E-state index in [-0.39, 0.29) is 6.61 Å². The Bertz CT molecular complexity index is 636. The minimum atomic E-state index is -0.453. The average Bonchev–Trinajstić information content (AvgIpc) is 2.40. The molecule has 0 saturated carbocycles. The van der Waals surface area contributed by atoms with E-state index in [9.17, 15) is 4.79 Å². The van der Waals surface area contributed by atoms with Crippen molar-refractivity contribution in [3.63, 3.8) is 0 Å². The van der Waals surface area contributed by atoms with Crippen LogP contribution in [-0.4, -0.2) is 5.97 Å². The van der Waals surface area contributed by atoms with E-state index >= 15 is 0 Å². The van der Waals surface area contributed by atoms with Crippen LogP contribution < -0.4 is 5.73 Å². The van der Waals surface area contributed by atoms with Crippen molar-refractivity contribution in [1.29, 1.82) is 0 Å². The van der Waals surface area contributed by atoms with Gasteiger partial charge in [0.05, 0.1) is 5.56 Å². The normalized spacial score (nSPS) is 10.3. The zero-order chi connectivity index (χ0) is 14.7. The minimum absolute atomic E-state index is 0.0194. The van der Waals surface area contributed by atoms with E-state index in [0.29, 0.717) is 26.9 Å². The molecule has 0 spiro atoms. The fourth-order valence-corrected chi connectivity index (χ4v) is 2.25. The van der Waals surface area contributed by atoms with Gasteiger partial charge in [-0.3, -0.25) is 0 Å². The number of nitrogens with two attached hydrogens (primary N) is 1. The number of rotatable bonds is 3. The second-order valence-electron chi connectivity index (χ2n) is 4.35. The van der Waals surface area contributed by atoms with Crippen LogP contribution in [0.1, 0.15) is 21.5 Å². The molecule has 2 aromatic rings. The third-order valence-electron chi connectivity index (χ3n) is 2.89. The van der Waals surface area contributed by atoms with Gasteiger partial charge in [-0.1, -0.05) is 35.3 Å². The standard InChI is InChI=1S/C15H13Cl2NO2/c1-9-5-6-10(18)7-11(9)15(19)20-8-12-13(16)3-2-4-14(12)17/h2-7H,8,18H2,1H3. The van der Waals surface area contributed by atoms with Crippen LogP contribution in [0.3, 0.4) is 0 Å². The van der Waals surface area contributed by atoms with Gasteiger partial charge in [0.1, 0.15) is 6.61 Å². The molecule has 0 heterocycles. The fraction of sp³-hybridized carbons (Fsp3) is 0.133. The SMILES string of the molecule is Cc1ccc(N)cc1C(=O)OCc1c(Cl)cccc1Cl. The van der Waals surface area contributed by atoms with Crippen molar-refractivity contribution in [1.82, 2.24) is 0 Å². The Morgan fingerprint density at radius 3 is 2.50 bits per heavy atom. The van der Waals surface area contributed by atoms with Gasteiger partial charge < -0.3 is 10.5 Å². The summed E-state index contributed by atoms with van der Waals surface area (Å²) in [6.07, 6.45) is 0. The van der Waals surface area contributed by atoms with Crippen LogP contribution in [0.5, 0.6) is 0 Å². The van der Waals surface area contributed by atoms with E-state index in [2.05, 4.69) is 0 Å². The zero-order valence-corrected chi connectivity index (χ0v) is 12.3. The summed E-state index contributed by atoms with van der Waals surface area (Å²) in [5.74, 6) is -0.453. The molecule has 0 bridgehead atoms. The van der Waals surface area contributed by atoms with Crippen LogP contribution in [0.15, 0.2) is 36.4 Å². The summed E-state index contributed by atoms with van der Waals surface area (Å²) in [5.41, 5.74) is 8.01. The Hall–Kier alpha value is -1.71. The highest BCUT2D eigenvalue weighted by molar-refractivity contribution is 6.35. The van der Waals surface area contributed by atoms with Crippen molar-refractivity contribution in [2.45, 2.75) is 13.5 Å². The molecule has 0 aliphatic carbocycles. The number of halogens is 2. The molecule has 0 aromatic heterocycles. The number of ether oxygens (including phenoxy) is 1. The molecule has 0 aliphatic rings. The predicted octanol–water partition coefficient (Wildman–Crippen LogP) is 4.24. The van der Waals surface area contributed by atoms with Crippen molar-refractivity contribution in [3.05, 3.63) is 63.1 Å². The Morgan fingerprint density at radius 2 is 1.85 bits per heavy atom. The van der Waals surface area contributed by atoms with Crippen molar-refractivity contribution < 1.29 is 9.53 Å². The lowest BCUT2D eigenvalue weighted by molar-refractivity contribution is 0.0472. The number of hydrogen-bond donors (Lipinski definition) is 1. The number of esters is 1. The van der Waals surface area contributed by atoms with Crippen molar-refractivity contribution in [2.24, 2.45) is 0 Å². The van der Waals surface area contributed by atoms with E-state index in [1.54, 1.807) is 36.4 Å². The smallest absolute Gasteiger partial charge is 0.338 e. The number of nitrogen functional groups attached to an aromatic ring is 1. The zero-order valence-electron chi connectivity index (χ0n) is 10.8. The number of hydrogen-bond acceptors (Lipinski definition) is 3. The third-order valence-corrected chi connectivity index (χ3v) is 3.60. The molecule has 2 aromatic carbocycles. The monoisotopic (exact) mass is 309 g/mol. The maximum Gasteiger partial charge on any atom is 0.338 e. The summed E-state index contributed by atoms with van der Waals surface area (Å²) >= 11 is 12.0. The second-order valence-corrected chi connectivity index (χ2v) is 5.17. The van der Waals surface area contributed by atoms with E-state index in [0.717, 1.165) is 5.56 Å². The van der Waals surface area contributed by atoms with Crippen molar-refractivity contribution >= 4 is 34.9 Å². The molecule has 2 N–H and O–H groups in total. The summed E-state index contributed by atoms with van der Waals surface area (Å²) in [6.45, 7) is 1.84. The van der Waals surface area contributed by atoms with Gasteiger partial charge in [0, 0.05) is 21.3 Å². The lowest BCUT2D eigenvalue weighted by Crippen LogP contribution is -2.08. The number of aryl methyl sites for hydroxylation is 1. The molecule has 20 heavy (non-hydrogen) atoms. The molecule has 0 saturated heterocycles. The molecule has 5 heteroatoms. The molecule has 3 nitrogen and oxygen atoms in total.